The van der Waals surface area contributed by atoms with Crippen LogP contribution in [0.5, 0.6) is 11.6 Å². The predicted octanol–water partition coefficient (Wildman–Crippen LogP) is 3.80. The summed E-state index contributed by atoms with van der Waals surface area (Å²) in [6, 6.07) is 16.5. The zero-order chi connectivity index (χ0) is 20.9. The molecule has 1 heterocycles. The van der Waals surface area contributed by atoms with Gasteiger partial charge in [0.1, 0.15) is 11.6 Å². The van der Waals surface area contributed by atoms with Gasteiger partial charge >= 0.3 is 0 Å². The monoisotopic (exact) mass is 405 g/mol. The summed E-state index contributed by atoms with van der Waals surface area (Å²) < 4.78 is 19.1. The molecule has 0 aliphatic heterocycles. The molecule has 5 nitrogen and oxygen atoms in total. The summed E-state index contributed by atoms with van der Waals surface area (Å²) in [4.78, 5) is 15.3. The van der Waals surface area contributed by atoms with E-state index in [-0.39, 0.29) is 5.82 Å². The maximum Gasteiger partial charge on any atom is 0.250 e. The first-order chi connectivity index (χ1) is 14.6. The number of ether oxygens (including phenoxy) is 1. The third kappa shape index (κ3) is 5.02. The molecule has 0 saturated carbocycles. The van der Waals surface area contributed by atoms with Crippen LogP contribution in [0, 0.1) is 5.82 Å². The van der Waals surface area contributed by atoms with Crippen molar-refractivity contribution in [3.63, 3.8) is 0 Å². The number of rotatable bonds is 7. The molecule has 1 amide bonds. The van der Waals surface area contributed by atoms with Gasteiger partial charge in [-0.15, -0.1) is 0 Å². The van der Waals surface area contributed by atoms with Crippen molar-refractivity contribution in [3.05, 3.63) is 88.9 Å². The fraction of sp³-hybridized carbons (Fsp3) is 0.250. The summed E-state index contributed by atoms with van der Waals surface area (Å²) in [6.07, 6.45) is 5.21. The van der Waals surface area contributed by atoms with E-state index >= 15 is 0 Å². The van der Waals surface area contributed by atoms with Gasteiger partial charge in [0.2, 0.25) is 11.8 Å². The van der Waals surface area contributed by atoms with Crippen LogP contribution in [-0.2, 0) is 19.3 Å². The lowest BCUT2D eigenvalue weighted by molar-refractivity contribution is 0.1000. The number of hydrogen-bond acceptors (Lipinski definition) is 4. The van der Waals surface area contributed by atoms with Crippen molar-refractivity contribution in [2.45, 2.75) is 31.7 Å². The number of primary amides is 1. The van der Waals surface area contributed by atoms with Crippen molar-refractivity contribution in [1.82, 2.24) is 10.3 Å². The molecule has 154 valence electrons. The Labute approximate surface area is 175 Å². The van der Waals surface area contributed by atoms with Crippen LogP contribution in [0.4, 0.5) is 4.39 Å². The average molecular weight is 405 g/mol. The molecule has 2 aromatic carbocycles. The molecule has 4 rings (SSSR count). The Morgan fingerprint density at radius 2 is 2.07 bits per heavy atom. The van der Waals surface area contributed by atoms with Gasteiger partial charge in [-0.1, -0.05) is 18.2 Å². The first-order valence-corrected chi connectivity index (χ1v) is 10.1. The van der Waals surface area contributed by atoms with Gasteiger partial charge in [-0.25, -0.2) is 9.37 Å². The number of hydrogen-bond donors (Lipinski definition) is 2. The van der Waals surface area contributed by atoms with Gasteiger partial charge in [-0.3, -0.25) is 4.79 Å². The van der Waals surface area contributed by atoms with Crippen LogP contribution in [0.1, 0.15) is 33.5 Å². The highest BCUT2D eigenvalue weighted by Crippen LogP contribution is 2.28. The Balaban J connectivity index is 1.32. The summed E-state index contributed by atoms with van der Waals surface area (Å²) in [5, 5.41) is 3.60. The number of nitrogens with one attached hydrogen (secondary N) is 1. The van der Waals surface area contributed by atoms with E-state index in [4.69, 9.17) is 10.5 Å². The van der Waals surface area contributed by atoms with Crippen LogP contribution in [0.3, 0.4) is 0 Å². The number of nitrogens with zero attached hydrogens (tertiary/aromatic N) is 1. The van der Waals surface area contributed by atoms with Crippen LogP contribution >= 0.6 is 0 Å². The number of aromatic nitrogens is 1. The molecule has 0 fully saturated rings. The van der Waals surface area contributed by atoms with Crippen molar-refractivity contribution >= 4 is 5.91 Å². The molecular weight excluding hydrogens is 381 g/mol. The molecule has 3 aromatic rings. The number of pyridine rings is 1. The lowest BCUT2D eigenvalue weighted by Gasteiger charge is -2.26. The van der Waals surface area contributed by atoms with Gasteiger partial charge in [0.15, 0.2) is 0 Å². The molecule has 0 saturated heterocycles. The molecule has 6 heteroatoms. The molecule has 1 unspecified atom stereocenters. The predicted molar refractivity (Wildman–Crippen MR) is 113 cm³/mol. The van der Waals surface area contributed by atoms with Crippen molar-refractivity contribution in [3.8, 4) is 11.6 Å². The van der Waals surface area contributed by atoms with E-state index in [1.807, 2.05) is 12.1 Å². The fourth-order valence-corrected chi connectivity index (χ4v) is 3.79. The summed E-state index contributed by atoms with van der Waals surface area (Å²) >= 11 is 0. The molecule has 30 heavy (non-hydrogen) atoms. The molecule has 1 aromatic heterocycles. The van der Waals surface area contributed by atoms with E-state index < -0.39 is 5.91 Å². The second-order valence-corrected chi connectivity index (χ2v) is 7.56. The highest BCUT2D eigenvalue weighted by atomic mass is 19.1. The summed E-state index contributed by atoms with van der Waals surface area (Å²) in [5.41, 5.74) is 9.19. The Hall–Kier alpha value is -3.25. The first-order valence-electron chi connectivity index (χ1n) is 10.1. The van der Waals surface area contributed by atoms with Crippen molar-refractivity contribution in [1.29, 1.82) is 0 Å². The largest absolute Gasteiger partial charge is 0.439 e. The zero-order valence-corrected chi connectivity index (χ0v) is 16.6. The van der Waals surface area contributed by atoms with E-state index in [9.17, 15) is 9.18 Å². The van der Waals surface area contributed by atoms with Crippen LogP contribution in [-0.4, -0.2) is 23.5 Å². The van der Waals surface area contributed by atoms with Gasteiger partial charge in [-0.05, 0) is 79.3 Å². The second kappa shape index (κ2) is 9.05. The molecule has 0 radical (unpaired) electrons. The van der Waals surface area contributed by atoms with E-state index in [1.54, 1.807) is 24.3 Å². The highest BCUT2D eigenvalue weighted by molar-refractivity contribution is 5.92. The van der Waals surface area contributed by atoms with Gasteiger partial charge in [0.25, 0.3) is 0 Å². The minimum Gasteiger partial charge on any atom is -0.439 e. The van der Waals surface area contributed by atoms with Gasteiger partial charge in [-0.2, -0.15) is 0 Å². The van der Waals surface area contributed by atoms with Crippen LogP contribution in [0.15, 0.2) is 60.8 Å². The van der Waals surface area contributed by atoms with Gasteiger partial charge in [0, 0.05) is 18.3 Å². The summed E-state index contributed by atoms with van der Waals surface area (Å²) in [5.74, 6) is 0.455. The number of carbonyl (C=O) groups is 1. The number of benzene rings is 2. The van der Waals surface area contributed by atoms with E-state index in [0.29, 0.717) is 17.5 Å². The number of aryl methyl sites for hydroxylation is 1. The average Bonchev–Trinajstić information content (AvgIpc) is 2.74. The third-order valence-electron chi connectivity index (χ3n) is 5.39. The van der Waals surface area contributed by atoms with Crippen molar-refractivity contribution in [2.24, 2.45) is 5.73 Å². The standard InChI is InChI=1S/C24H24FN3O2/c25-20-3-1-2-16(12-20)10-11-27-21-7-4-18-14-22(8-5-17(18)13-21)30-23-9-6-19(15-28-23)24(26)29/h1-3,5-6,8-9,12,14-15,21,27H,4,7,10-11,13H2,(H2,26,29). The number of carbonyl (C=O) groups excluding carboxylic acids is 1. The minimum absolute atomic E-state index is 0.184. The van der Waals surface area contributed by atoms with Gasteiger partial charge in [0.05, 0.1) is 5.56 Å². The van der Waals surface area contributed by atoms with Crippen LogP contribution < -0.4 is 15.8 Å². The van der Waals surface area contributed by atoms with E-state index in [1.165, 1.54) is 23.4 Å². The Morgan fingerprint density at radius 1 is 1.17 bits per heavy atom. The van der Waals surface area contributed by atoms with Gasteiger partial charge < -0.3 is 15.8 Å². The van der Waals surface area contributed by atoms with Crippen LogP contribution in [0.2, 0.25) is 0 Å². The zero-order valence-electron chi connectivity index (χ0n) is 16.6. The Morgan fingerprint density at radius 3 is 2.83 bits per heavy atom. The maximum atomic E-state index is 13.3. The van der Waals surface area contributed by atoms with Crippen LogP contribution in [0.25, 0.3) is 0 Å². The van der Waals surface area contributed by atoms with Crippen molar-refractivity contribution in [2.75, 3.05) is 6.54 Å². The lowest BCUT2D eigenvalue weighted by Crippen LogP contribution is -2.35. The third-order valence-corrected chi connectivity index (χ3v) is 5.39. The van der Waals surface area contributed by atoms with E-state index in [2.05, 4.69) is 22.4 Å². The molecule has 1 aliphatic carbocycles. The number of nitrogens with two attached hydrogens (primary N) is 1. The number of amides is 1. The smallest absolute Gasteiger partial charge is 0.250 e. The number of halogens is 1. The molecule has 1 aliphatic rings. The molecule has 0 bridgehead atoms. The maximum absolute atomic E-state index is 13.3. The van der Waals surface area contributed by atoms with Crippen molar-refractivity contribution < 1.29 is 13.9 Å². The lowest BCUT2D eigenvalue weighted by atomic mass is 9.88. The highest BCUT2D eigenvalue weighted by Gasteiger charge is 2.19. The Bertz CT molecular complexity index is 1040. The fourth-order valence-electron chi connectivity index (χ4n) is 3.79. The first kappa shape index (κ1) is 20.0. The summed E-state index contributed by atoms with van der Waals surface area (Å²) in [6.45, 7) is 0.831. The molecule has 1 atom stereocenters. The minimum atomic E-state index is -0.512. The topological polar surface area (TPSA) is 77.2 Å². The number of fused-ring (bicyclic) bond motifs is 1. The quantitative estimate of drug-likeness (QED) is 0.627. The summed E-state index contributed by atoms with van der Waals surface area (Å²) in [7, 11) is 0. The normalized spacial score (nSPS) is 15.4. The molecule has 0 spiro atoms. The molecular formula is C24H24FN3O2. The second-order valence-electron chi connectivity index (χ2n) is 7.56. The Kier molecular flexibility index (Phi) is 6.05. The molecule has 3 N–H and O–H groups in total. The SMILES string of the molecule is NC(=O)c1ccc(Oc2ccc3c(c2)CCC(NCCc2cccc(F)c2)C3)nc1. The van der Waals surface area contributed by atoms with E-state index in [0.717, 1.165) is 43.5 Å².